The van der Waals surface area contributed by atoms with E-state index < -0.39 is 37.9 Å². The van der Waals surface area contributed by atoms with E-state index in [9.17, 15) is 9.59 Å². The summed E-state index contributed by atoms with van der Waals surface area (Å²) < 4.78 is 7.98. The molecule has 25 heavy (non-hydrogen) atoms. The van der Waals surface area contributed by atoms with Gasteiger partial charge in [-0.3, -0.25) is 9.59 Å². The Balaban J connectivity index is 2.62. The molecule has 0 aromatic carbocycles. The molecule has 0 spiro atoms. The molecule has 2 aliphatic rings. The molecule has 2 rings (SSSR count). The molecule has 0 saturated heterocycles. The largest absolute Gasteiger partial charge is 0.461 e. The second-order valence-corrected chi connectivity index (χ2v) is 8.69. The second kappa shape index (κ2) is 7.14. The van der Waals surface area contributed by atoms with E-state index in [2.05, 4.69) is 13.2 Å². The molecule has 1 saturated carbocycles. The highest BCUT2D eigenvalue weighted by Crippen LogP contribution is 2.76. The third-order valence-electron chi connectivity index (χ3n) is 4.13. The summed E-state index contributed by atoms with van der Waals surface area (Å²) in [5, 5.41) is -0.437. The number of carbonyl (C=O) groups is 2. The maximum Gasteiger partial charge on any atom is 0.312 e. The van der Waals surface area contributed by atoms with Crippen molar-refractivity contribution in [2.24, 2.45) is 11.8 Å². The monoisotopic (exact) mass is 466 g/mol. The van der Waals surface area contributed by atoms with Crippen LogP contribution in [-0.4, -0.2) is 39.2 Å². The molecule has 0 aromatic rings. The topological polar surface area (TPSA) is 52.6 Å². The Hall–Kier alpha value is -0.1000. The van der Waals surface area contributed by atoms with Gasteiger partial charge in [0.2, 0.25) is 0 Å². The van der Waals surface area contributed by atoms with Gasteiger partial charge in [0, 0.05) is 0 Å². The number of rotatable bonds is 6. The molecule has 0 N–H and O–H groups in total. The van der Waals surface area contributed by atoms with E-state index in [-0.39, 0.29) is 23.3 Å². The molecule has 0 heterocycles. The maximum absolute atomic E-state index is 12.6. The van der Waals surface area contributed by atoms with Crippen LogP contribution in [0.3, 0.4) is 0 Å². The summed E-state index contributed by atoms with van der Waals surface area (Å²) in [5.41, 5.74) is 0. The minimum atomic E-state index is -2.08. The highest BCUT2D eigenvalue weighted by molar-refractivity contribution is 6.66. The lowest BCUT2D eigenvalue weighted by Crippen LogP contribution is -2.46. The van der Waals surface area contributed by atoms with E-state index in [1.54, 1.807) is 0 Å². The summed E-state index contributed by atoms with van der Waals surface area (Å²) in [4.78, 5) is 21.2. The Morgan fingerprint density at radius 3 is 1.48 bits per heavy atom. The van der Waals surface area contributed by atoms with Crippen molar-refractivity contribution in [1.82, 2.24) is 0 Å². The third kappa shape index (κ3) is 2.64. The number of halogens is 6. The molecule has 138 valence electrons. The van der Waals surface area contributed by atoms with Gasteiger partial charge in [0.25, 0.3) is 0 Å². The average Bonchev–Trinajstić information content (AvgIpc) is 2.77. The highest BCUT2D eigenvalue weighted by Gasteiger charge is 2.85. The lowest BCUT2D eigenvalue weighted by atomic mass is 9.82. The minimum absolute atomic E-state index is 0.126. The molecule has 2 bridgehead atoms. The number of ether oxygens (including phenoxy) is 2. The van der Waals surface area contributed by atoms with Crippen molar-refractivity contribution in [2.75, 3.05) is 13.2 Å². The summed E-state index contributed by atoms with van der Waals surface area (Å²) in [6, 6.07) is 0. The van der Waals surface area contributed by atoms with Crippen molar-refractivity contribution in [1.29, 1.82) is 0 Å². The van der Waals surface area contributed by atoms with Gasteiger partial charge in [0.1, 0.15) is 23.0 Å². The number of hydrogen-bond donors (Lipinski definition) is 0. The van der Waals surface area contributed by atoms with Crippen molar-refractivity contribution < 1.29 is 19.1 Å². The quantitative estimate of drug-likeness (QED) is 0.326. The number of alkyl halides is 4. The minimum Gasteiger partial charge on any atom is -0.461 e. The van der Waals surface area contributed by atoms with E-state index in [1.807, 2.05) is 0 Å². The Bertz CT molecular complexity index is 621. The van der Waals surface area contributed by atoms with E-state index in [0.717, 1.165) is 0 Å². The molecule has 0 radical (unpaired) electrons. The van der Waals surface area contributed by atoms with Gasteiger partial charge in [-0.25, -0.2) is 0 Å². The Morgan fingerprint density at radius 1 is 0.880 bits per heavy atom. The van der Waals surface area contributed by atoms with Crippen molar-refractivity contribution in [3.05, 3.63) is 35.4 Å². The molecule has 4 nitrogen and oxygen atoms in total. The van der Waals surface area contributed by atoms with Crippen LogP contribution in [0.2, 0.25) is 0 Å². The average molecular weight is 469 g/mol. The molecule has 1 fully saturated rings. The fourth-order valence-electron chi connectivity index (χ4n) is 3.04. The molecule has 10 heteroatoms. The summed E-state index contributed by atoms with van der Waals surface area (Å²) >= 11 is 38.3. The second-order valence-electron chi connectivity index (χ2n) is 5.42. The van der Waals surface area contributed by atoms with E-state index in [4.69, 9.17) is 79.1 Å². The smallest absolute Gasteiger partial charge is 0.312 e. The normalized spacial score (nSPS) is 35.4. The van der Waals surface area contributed by atoms with Crippen LogP contribution in [-0.2, 0) is 19.1 Å². The zero-order chi connectivity index (χ0) is 19.2. The lowest BCUT2D eigenvalue weighted by Gasteiger charge is -2.33. The molecule has 0 amide bonds. The number of allylic oxidation sites excluding steroid dienone is 2. The molecule has 0 aromatic heterocycles. The summed E-state index contributed by atoms with van der Waals surface area (Å²) in [6.45, 7) is 6.63. The fraction of sp³-hybridized carbons (Fsp3) is 0.467. The van der Waals surface area contributed by atoms with Crippen LogP contribution in [0.4, 0.5) is 0 Å². The van der Waals surface area contributed by atoms with Gasteiger partial charge >= 0.3 is 11.9 Å². The van der Waals surface area contributed by atoms with Gasteiger partial charge in [-0.2, -0.15) is 0 Å². The zero-order valence-electron chi connectivity index (χ0n) is 12.5. The van der Waals surface area contributed by atoms with Crippen LogP contribution in [0, 0.1) is 11.8 Å². The maximum atomic E-state index is 12.6. The van der Waals surface area contributed by atoms with Crippen LogP contribution < -0.4 is 0 Å². The van der Waals surface area contributed by atoms with Gasteiger partial charge in [-0.15, -0.1) is 23.2 Å². The first kappa shape index (κ1) is 21.2. The molecular weight excluding hydrogens is 457 g/mol. The summed E-state index contributed by atoms with van der Waals surface area (Å²) in [5.74, 6) is -4.61. The van der Waals surface area contributed by atoms with Crippen LogP contribution in [0.5, 0.6) is 0 Å². The van der Waals surface area contributed by atoms with E-state index >= 15 is 0 Å². The van der Waals surface area contributed by atoms with Crippen molar-refractivity contribution >= 4 is 81.5 Å². The van der Waals surface area contributed by atoms with Crippen molar-refractivity contribution in [2.45, 2.75) is 14.1 Å². The number of fused-ring (bicyclic) bond motifs is 2. The van der Waals surface area contributed by atoms with Gasteiger partial charge < -0.3 is 9.47 Å². The van der Waals surface area contributed by atoms with Crippen LogP contribution >= 0.6 is 69.6 Å². The Kier molecular flexibility index (Phi) is 6.05. The molecule has 2 aliphatic carbocycles. The fourth-order valence-corrected chi connectivity index (χ4v) is 5.96. The van der Waals surface area contributed by atoms with Gasteiger partial charge in [0.05, 0.1) is 21.9 Å². The molecular formula is C15H12Cl6O4. The third-order valence-corrected chi connectivity index (χ3v) is 8.39. The number of esters is 2. The zero-order valence-corrected chi connectivity index (χ0v) is 17.1. The summed E-state index contributed by atoms with van der Waals surface area (Å²) in [6.07, 6.45) is 2.68. The standard InChI is InChI=1S/C15H12Cl6O4/c1-3-5-24-11(22)7-8(12(23)25-6-4-2)14(19)10(17)9(16)13(7,18)15(14,20)21/h3-4,7-8H,1-2,5-6H2/t7-,8-,13-,14+/m1/s1. The summed E-state index contributed by atoms with van der Waals surface area (Å²) in [7, 11) is 0. The number of hydrogen-bond acceptors (Lipinski definition) is 4. The lowest BCUT2D eigenvalue weighted by molar-refractivity contribution is -0.159. The Labute approximate surface area is 174 Å². The first-order valence-electron chi connectivity index (χ1n) is 6.90. The Morgan fingerprint density at radius 2 is 1.20 bits per heavy atom. The van der Waals surface area contributed by atoms with Crippen molar-refractivity contribution in [3.63, 3.8) is 0 Å². The predicted octanol–water partition coefficient (Wildman–Crippen LogP) is 4.52. The van der Waals surface area contributed by atoms with E-state index in [1.165, 1.54) is 12.2 Å². The number of carbonyl (C=O) groups excluding carboxylic acids is 2. The predicted molar refractivity (Wildman–Crippen MR) is 99.6 cm³/mol. The highest BCUT2D eigenvalue weighted by atomic mass is 35.5. The van der Waals surface area contributed by atoms with Gasteiger partial charge in [0.15, 0.2) is 4.33 Å². The van der Waals surface area contributed by atoms with Crippen LogP contribution in [0.15, 0.2) is 35.4 Å². The van der Waals surface area contributed by atoms with Crippen molar-refractivity contribution in [3.8, 4) is 0 Å². The van der Waals surface area contributed by atoms with E-state index in [0.29, 0.717) is 0 Å². The first-order valence-corrected chi connectivity index (χ1v) is 9.17. The first-order chi connectivity index (χ1) is 11.5. The molecule has 0 unspecified atom stereocenters. The van der Waals surface area contributed by atoms with Crippen LogP contribution in [0.25, 0.3) is 0 Å². The SMILES string of the molecule is C=CCOC(=O)[C@H]1[C@H](C(=O)OCC=C)[C@@]2(Cl)C(Cl)=C(Cl)[C@]1(Cl)C2(Cl)Cl. The van der Waals surface area contributed by atoms with Gasteiger partial charge in [-0.1, -0.05) is 71.7 Å². The van der Waals surface area contributed by atoms with Crippen LogP contribution in [0.1, 0.15) is 0 Å². The molecule has 0 aliphatic heterocycles. The van der Waals surface area contributed by atoms with Gasteiger partial charge in [-0.05, 0) is 0 Å². The molecule has 4 atom stereocenters.